The van der Waals surface area contributed by atoms with Crippen molar-refractivity contribution in [1.29, 1.82) is 0 Å². The molecule has 3 aromatic rings. The molecule has 0 bridgehead atoms. The van der Waals surface area contributed by atoms with Gasteiger partial charge in [-0.25, -0.2) is 4.98 Å². The average molecular weight is 409 g/mol. The molecule has 1 aliphatic heterocycles. The van der Waals surface area contributed by atoms with Crippen LogP contribution in [0.4, 0.5) is 5.69 Å². The summed E-state index contributed by atoms with van der Waals surface area (Å²) in [4.78, 5) is 31.1. The lowest BCUT2D eigenvalue weighted by Gasteiger charge is -2.31. The molecule has 4 rings (SSSR count). The minimum absolute atomic E-state index is 0.0392. The van der Waals surface area contributed by atoms with Gasteiger partial charge in [0.05, 0.1) is 21.8 Å². The molecule has 0 unspecified atom stereocenters. The van der Waals surface area contributed by atoms with E-state index in [-0.39, 0.29) is 11.8 Å². The summed E-state index contributed by atoms with van der Waals surface area (Å²) in [5, 5.41) is 6.68. The smallest absolute Gasteiger partial charge is 0.251 e. The van der Waals surface area contributed by atoms with Gasteiger partial charge in [0.25, 0.3) is 5.91 Å². The predicted molar refractivity (Wildman–Crippen MR) is 116 cm³/mol. The van der Waals surface area contributed by atoms with Crippen molar-refractivity contribution in [1.82, 2.24) is 15.2 Å². The quantitative estimate of drug-likeness (QED) is 0.678. The van der Waals surface area contributed by atoms with Gasteiger partial charge >= 0.3 is 0 Å². The Kier molecular flexibility index (Phi) is 5.87. The van der Waals surface area contributed by atoms with E-state index < -0.39 is 0 Å². The number of aromatic nitrogens is 1. The van der Waals surface area contributed by atoms with Gasteiger partial charge in [0.1, 0.15) is 0 Å². The van der Waals surface area contributed by atoms with E-state index in [0.717, 1.165) is 31.4 Å². The number of amides is 2. The van der Waals surface area contributed by atoms with E-state index in [1.807, 2.05) is 12.1 Å². The molecule has 2 N–H and O–H groups in total. The van der Waals surface area contributed by atoms with Crippen LogP contribution in [0, 0.1) is 0 Å². The predicted octanol–water partition coefficient (Wildman–Crippen LogP) is 3.47. The van der Waals surface area contributed by atoms with Gasteiger partial charge in [-0.05, 0) is 55.8 Å². The molecule has 0 saturated carbocycles. The van der Waals surface area contributed by atoms with Crippen molar-refractivity contribution in [2.45, 2.75) is 18.8 Å². The summed E-state index contributed by atoms with van der Waals surface area (Å²) >= 11 is 1.76. The topological polar surface area (TPSA) is 74.3 Å². The molecule has 29 heavy (non-hydrogen) atoms. The molecule has 0 radical (unpaired) electrons. The molecule has 0 spiro atoms. The molecule has 2 heterocycles. The zero-order valence-corrected chi connectivity index (χ0v) is 17.2. The third-order valence-corrected chi connectivity index (χ3v) is 6.39. The van der Waals surface area contributed by atoms with Gasteiger partial charge in [-0.1, -0.05) is 12.1 Å². The summed E-state index contributed by atoms with van der Waals surface area (Å²) in [6, 6.07) is 15.1. The highest BCUT2D eigenvalue weighted by Gasteiger charge is 2.25. The van der Waals surface area contributed by atoms with Crippen molar-refractivity contribution in [2.75, 3.05) is 32.0 Å². The first-order valence-electron chi connectivity index (χ1n) is 9.82. The van der Waals surface area contributed by atoms with E-state index in [1.54, 1.807) is 42.6 Å². The van der Waals surface area contributed by atoms with E-state index >= 15 is 0 Å². The maximum atomic E-state index is 12.5. The van der Waals surface area contributed by atoms with Gasteiger partial charge in [0.2, 0.25) is 5.91 Å². The number of nitrogens with zero attached hydrogens (tertiary/aromatic N) is 2. The van der Waals surface area contributed by atoms with Crippen LogP contribution in [0.15, 0.2) is 48.5 Å². The number of piperidine rings is 1. The van der Waals surface area contributed by atoms with Crippen molar-refractivity contribution in [3.05, 3.63) is 59.1 Å². The Labute approximate surface area is 173 Å². The molecular formula is C22H24N4O2S. The number of anilines is 1. The molecule has 1 saturated heterocycles. The van der Waals surface area contributed by atoms with Gasteiger partial charge < -0.3 is 10.6 Å². The molecule has 2 aromatic carbocycles. The largest absolute Gasteiger partial charge is 0.355 e. The zero-order chi connectivity index (χ0) is 20.2. The van der Waals surface area contributed by atoms with Crippen LogP contribution >= 0.6 is 11.3 Å². The van der Waals surface area contributed by atoms with Gasteiger partial charge in [-0.2, -0.15) is 0 Å². The lowest BCUT2D eigenvalue weighted by Crippen LogP contribution is -2.39. The molecule has 1 fully saturated rings. The molecule has 1 aromatic heterocycles. The van der Waals surface area contributed by atoms with Crippen LogP contribution < -0.4 is 10.6 Å². The molecule has 1 aliphatic rings. The molecule has 0 aliphatic carbocycles. The first-order chi connectivity index (χ1) is 14.1. The highest BCUT2D eigenvalue weighted by atomic mass is 32.1. The molecule has 7 heteroatoms. The first-order valence-corrected chi connectivity index (χ1v) is 10.6. The lowest BCUT2D eigenvalue weighted by atomic mass is 9.99. The third-order valence-electron chi connectivity index (χ3n) is 5.19. The minimum Gasteiger partial charge on any atom is -0.355 e. The lowest BCUT2D eigenvalue weighted by molar-refractivity contribution is -0.117. The fraction of sp³-hybridized carbons (Fsp3) is 0.318. The van der Waals surface area contributed by atoms with Crippen molar-refractivity contribution in [3.63, 3.8) is 0 Å². The van der Waals surface area contributed by atoms with Crippen LogP contribution in [0.25, 0.3) is 10.2 Å². The molecule has 2 amide bonds. The highest BCUT2D eigenvalue weighted by molar-refractivity contribution is 7.18. The number of carbonyl (C=O) groups is 2. The number of fused-ring (bicyclic) bond motifs is 1. The summed E-state index contributed by atoms with van der Waals surface area (Å²) in [7, 11) is 1.60. The van der Waals surface area contributed by atoms with E-state index in [1.165, 1.54) is 9.71 Å². The summed E-state index contributed by atoms with van der Waals surface area (Å²) < 4.78 is 1.22. The maximum Gasteiger partial charge on any atom is 0.251 e. The third kappa shape index (κ3) is 4.63. The number of likely N-dealkylation sites (tertiary alicyclic amines) is 1. The number of nitrogens with one attached hydrogen (secondary N) is 2. The standard InChI is InChI=1S/C22H24N4O2S/c1-23-21(28)15-8-10-17(11-9-15)24-20(27)14-26-12-4-5-16(13-26)22-25-18-6-2-3-7-19(18)29-22/h2-3,6-11,16H,4-5,12-14H2,1H3,(H,23,28)(H,24,27)/t16-/m1/s1. The second-order valence-corrected chi connectivity index (χ2v) is 8.36. The zero-order valence-electron chi connectivity index (χ0n) is 16.4. The monoisotopic (exact) mass is 408 g/mol. The maximum absolute atomic E-state index is 12.5. The Balaban J connectivity index is 1.35. The van der Waals surface area contributed by atoms with E-state index in [9.17, 15) is 9.59 Å². The minimum atomic E-state index is -0.142. The Morgan fingerprint density at radius 2 is 1.97 bits per heavy atom. The van der Waals surface area contributed by atoms with E-state index in [4.69, 9.17) is 4.98 Å². The van der Waals surface area contributed by atoms with Crippen LogP contribution in [-0.4, -0.2) is 48.4 Å². The van der Waals surface area contributed by atoms with Crippen LogP contribution in [0.2, 0.25) is 0 Å². The van der Waals surface area contributed by atoms with Crippen LogP contribution in [0.5, 0.6) is 0 Å². The van der Waals surface area contributed by atoms with Gasteiger partial charge in [-0.15, -0.1) is 11.3 Å². The summed E-state index contributed by atoms with van der Waals surface area (Å²) in [5.74, 6) is 0.195. The van der Waals surface area contributed by atoms with Crippen LogP contribution in [-0.2, 0) is 4.79 Å². The Morgan fingerprint density at radius 3 is 2.72 bits per heavy atom. The Bertz CT molecular complexity index is 982. The summed E-state index contributed by atoms with van der Waals surface area (Å²) in [6.07, 6.45) is 2.17. The molecular weight excluding hydrogens is 384 g/mol. The molecule has 150 valence electrons. The number of thiazole rings is 1. The first kappa shape index (κ1) is 19.5. The number of hydrogen-bond donors (Lipinski definition) is 2. The number of para-hydroxylation sites is 1. The average Bonchev–Trinajstić information content (AvgIpc) is 3.18. The number of carbonyl (C=O) groups excluding carboxylic acids is 2. The highest BCUT2D eigenvalue weighted by Crippen LogP contribution is 2.32. The fourth-order valence-electron chi connectivity index (χ4n) is 3.72. The van der Waals surface area contributed by atoms with Gasteiger partial charge in [0.15, 0.2) is 0 Å². The van der Waals surface area contributed by atoms with Crippen molar-refractivity contribution in [3.8, 4) is 0 Å². The number of rotatable bonds is 5. The van der Waals surface area contributed by atoms with Gasteiger partial charge in [0, 0.05) is 30.8 Å². The van der Waals surface area contributed by atoms with Crippen molar-refractivity contribution in [2.24, 2.45) is 0 Å². The SMILES string of the molecule is CNC(=O)c1ccc(NC(=O)CN2CCC[C@@H](c3nc4ccccc4s3)C2)cc1. The fourth-order valence-corrected chi connectivity index (χ4v) is 4.81. The van der Waals surface area contributed by atoms with Crippen molar-refractivity contribution >= 4 is 39.1 Å². The molecule has 6 nitrogen and oxygen atoms in total. The normalized spacial score (nSPS) is 17.2. The summed E-state index contributed by atoms with van der Waals surface area (Å²) in [6.45, 7) is 2.13. The van der Waals surface area contributed by atoms with E-state index in [0.29, 0.717) is 23.7 Å². The van der Waals surface area contributed by atoms with Crippen LogP contribution in [0.1, 0.15) is 34.1 Å². The van der Waals surface area contributed by atoms with E-state index in [2.05, 4.69) is 27.7 Å². The van der Waals surface area contributed by atoms with Gasteiger partial charge in [-0.3, -0.25) is 14.5 Å². The Morgan fingerprint density at radius 1 is 1.17 bits per heavy atom. The second kappa shape index (κ2) is 8.71. The number of hydrogen-bond acceptors (Lipinski definition) is 5. The van der Waals surface area contributed by atoms with Crippen LogP contribution in [0.3, 0.4) is 0 Å². The number of benzene rings is 2. The Hall–Kier alpha value is -2.77. The molecule has 1 atom stereocenters. The second-order valence-electron chi connectivity index (χ2n) is 7.30. The van der Waals surface area contributed by atoms with Crippen molar-refractivity contribution < 1.29 is 9.59 Å². The summed E-state index contributed by atoms with van der Waals surface area (Å²) in [5.41, 5.74) is 2.32.